The van der Waals surface area contributed by atoms with Gasteiger partial charge in [0.15, 0.2) is 0 Å². The average Bonchev–Trinajstić information content (AvgIpc) is 2.36. The van der Waals surface area contributed by atoms with Crippen molar-refractivity contribution in [3.05, 3.63) is 33.9 Å². The lowest BCUT2D eigenvalue weighted by molar-refractivity contribution is -0.384. The minimum atomic E-state index is -0.392. The fourth-order valence-electron chi connectivity index (χ4n) is 1.49. The zero-order chi connectivity index (χ0) is 13.4. The Balaban J connectivity index is 2.70. The van der Waals surface area contributed by atoms with Gasteiger partial charge in [0.2, 0.25) is 0 Å². The Labute approximate surface area is 106 Å². The van der Waals surface area contributed by atoms with Crippen molar-refractivity contribution in [3.63, 3.8) is 0 Å². The number of ether oxygens (including phenoxy) is 2. The van der Waals surface area contributed by atoms with Crippen LogP contribution in [-0.2, 0) is 16.1 Å². The quantitative estimate of drug-likeness (QED) is 0.437. The van der Waals surface area contributed by atoms with Crippen LogP contribution < -0.4 is 5.32 Å². The summed E-state index contributed by atoms with van der Waals surface area (Å²) < 4.78 is 10.2. The summed E-state index contributed by atoms with van der Waals surface area (Å²) >= 11 is 0. The van der Waals surface area contributed by atoms with E-state index in [0.717, 1.165) is 5.56 Å². The van der Waals surface area contributed by atoms with Gasteiger partial charge in [-0.3, -0.25) is 10.1 Å². The fourth-order valence-corrected chi connectivity index (χ4v) is 1.49. The van der Waals surface area contributed by atoms with Gasteiger partial charge in [0.25, 0.3) is 5.69 Å². The fraction of sp³-hybridized carbons (Fsp3) is 0.500. The highest BCUT2D eigenvalue weighted by Crippen LogP contribution is 2.25. The molecule has 0 heterocycles. The maximum atomic E-state index is 10.9. The highest BCUT2D eigenvalue weighted by Gasteiger charge is 2.13. The van der Waals surface area contributed by atoms with Gasteiger partial charge in [-0.15, -0.1) is 0 Å². The molecule has 18 heavy (non-hydrogen) atoms. The SMILES string of the molecule is CCNc1ccc(COCCOC)cc1[N+](=O)[O-]. The van der Waals surface area contributed by atoms with Crippen molar-refractivity contribution < 1.29 is 14.4 Å². The van der Waals surface area contributed by atoms with Gasteiger partial charge in [-0.2, -0.15) is 0 Å². The van der Waals surface area contributed by atoms with Crippen LogP contribution in [0.4, 0.5) is 11.4 Å². The third-order valence-corrected chi connectivity index (χ3v) is 2.33. The molecule has 0 aliphatic carbocycles. The van der Waals surface area contributed by atoms with E-state index in [2.05, 4.69) is 5.32 Å². The normalized spacial score (nSPS) is 10.3. The summed E-state index contributed by atoms with van der Waals surface area (Å²) in [6, 6.07) is 5.05. The molecule has 0 atom stereocenters. The lowest BCUT2D eigenvalue weighted by atomic mass is 10.2. The van der Waals surface area contributed by atoms with Crippen molar-refractivity contribution >= 4 is 11.4 Å². The Kier molecular flexibility index (Phi) is 6.10. The summed E-state index contributed by atoms with van der Waals surface area (Å²) in [5.74, 6) is 0. The van der Waals surface area contributed by atoms with Crippen molar-refractivity contribution in [3.8, 4) is 0 Å². The third kappa shape index (κ3) is 4.31. The van der Waals surface area contributed by atoms with Crippen LogP contribution >= 0.6 is 0 Å². The van der Waals surface area contributed by atoms with Gasteiger partial charge in [0.05, 0.1) is 24.7 Å². The van der Waals surface area contributed by atoms with Crippen LogP contribution in [-0.4, -0.2) is 31.8 Å². The second kappa shape index (κ2) is 7.62. The smallest absolute Gasteiger partial charge is 0.292 e. The lowest BCUT2D eigenvalue weighted by Crippen LogP contribution is -2.04. The van der Waals surface area contributed by atoms with Crippen LogP contribution in [0.25, 0.3) is 0 Å². The van der Waals surface area contributed by atoms with Crippen molar-refractivity contribution in [2.75, 3.05) is 32.2 Å². The topological polar surface area (TPSA) is 73.6 Å². The molecule has 0 saturated carbocycles. The van der Waals surface area contributed by atoms with E-state index in [1.165, 1.54) is 6.07 Å². The minimum Gasteiger partial charge on any atom is -0.382 e. The first kappa shape index (κ1) is 14.4. The number of nitro groups is 1. The zero-order valence-electron chi connectivity index (χ0n) is 10.6. The summed E-state index contributed by atoms with van der Waals surface area (Å²) in [6.07, 6.45) is 0. The van der Waals surface area contributed by atoms with Crippen LogP contribution in [0.5, 0.6) is 0 Å². The number of rotatable bonds is 8. The van der Waals surface area contributed by atoms with Crippen LogP contribution in [0, 0.1) is 10.1 Å². The molecule has 100 valence electrons. The second-order valence-corrected chi connectivity index (χ2v) is 3.68. The first-order valence-corrected chi connectivity index (χ1v) is 5.77. The molecule has 0 unspecified atom stereocenters. The summed E-state index contributed by atoms with van der Waals surface area (Å²) in [4.78, 5) is 10.5. The number of benzene rings is 1. The molecule has 1 aromatic rings. The standard InChI is InChI=1S/C12H18N2O4/c1-3-13-11-5-4-10(8-12(11)14(15)16)9-18-7-6-17-2/h4-5,8,13H,3,6-7,9H2,1-2H3. The molecule has 0 bridgehead atoms. The van der Waals surface area contributed by atoms with Gasteiger partial charge in [-0.05, 0) is 18.6 Å². The number of anilines is 1. The van der Waals surface area contributed by atoms with Crippen LogP contribution in [0.15, 0.2) is 18.2 Å². The van der Waals surface area contributed by atoms with Gasteiger partial charge in [-0.1, -0.05) is 6.07 Å². The number of hydrogen-bond donors (Lipinski definition) is 1. The highest BCUT2D eigenvalue weighted by molar-refractivity contribution is 5.62. The molecular weight excluding hydrogens is 236 g/mol. The predicted octanol–water partition coefficient (Wildman–Crippen LogP) is 2.19. The molecule has 0 amide bonds. The zero-order valence-corrected chi connectivity index (χ0v) is 10.6. The van der Waals surface area contributed by atoms with E-state index in [-0.39, 0.29) is 5.69 Å². The minimum absolute atomic E-state index is 0.0738. The monoisotopic (exact) mass is 254 g/mol. The largest absolute Gasteiger partial charge is 0.382 e. The summed E-state index contributed by atoms with van der Waals surface area (Å²) in [7, 11) is 1.60. The van der Waals surface area contributed by atoms with E-state index in [1.807, 2.05) is 13.0 Å². The molecule has 0 aliphatic heterocycles. The van der Waals surface area contributed by atoms with Crippen molar-refractivity contribution in [2.45, 2.75) is 13.5 Å². The van der Waals surface area contributed by atoms with Gasteiger partial charge in [0, 0.05) is 19.7 Å². The molecule has 1 N–H and O–H groups in total. The van der Waals surface area contributed by atoms with E-state index >= 15 is 0 Å². The molecule has 0 aromatic heterocycles. The Morgan fingerprint density at radius 3 is 2.78 bits per heavy atom. The van der Waals surface area contributed by atoms with Crippen LogP contribution in [0.2, 0.25) is 0 Å². The van der Waals surface area contributed by atoms with E-state index in [4.69, 9.17) is 9.47 Å². The molecule has 6 heteroatoms. The van der Waals surface area contributed by atoms with Crippen LogP contribution in [0.1, 0.15) is 12.5 Å². The number of nitrogens with zero attached hydrogens (tertiary/aromatic N) is 1. The Bertz CT molecular complexity index is 396. The maximum Gasteiger partial charge on any atom is 0.292 e. The molecule has 0 spiro atoms. The molecule has 1 aromatic carbocycles. The number of nitrogens with one attached hydrogen (secondary N) is 1. The Morgan fingerprint density at radius 2 is 2.17 bits per heavy atom. The Hall–Kier alpha value is -1.66. The summed E-state index contributed by atoms with van der Waals surface area (Å²) in [5.41, 5.74) is 1.38. The molecule has 0 saturated heterocycles. The predicted molar refractivity (Wildman–Crippen MR) is 68.8 cm³/mol. The second-order valence-electron chi connectivity index (χ2n) is 3.68. The first-order valence-electron chi connectivity index (χ1n) is 5.77. The maximum absolute atomic E-state index is 10.9. The first-order chi connectivity index (χ1) is 8.69. The number of hydrogen-bond acceptors (Lipinski definition) is 5. The van der Waals surface area contributed by atoms with E-state index in [1.54, 1.807) is 13.2 Å². The summed E-state index contributed by atoms with van der Waals surface area (Å²) in [5, 5.41) is 13.9. The highest BCUT2D eigenvalue weighted by atomic mass is 16.6. The molecule has 0 aliphatic rings. The number of nitro benzene ring substituents is 1. The number of methoxy groups -OCH3 is 1. The van der Waals surface area contributed by atoms with Gasteiger partial charge >= 0.3 is 0 Å². The third-order valence-electron chi connectivity index (χ3n) is 2.33. The molecular formula is C12H18N2O4. The van der Waals surface area contributed by atoms with Gasteiger partial charge in [0.1, 0.15) is 5.69 Å². The lowest BCUT2D eigenvalue weighted by Gasteiger charge is -2.07. The van der Waals surface area contributed by atoms with Crippen molar-refractivity contribution in [1.82, 2.24) is 0 Å². The molecule has 6 nitrogen and oxygen atoms in total. The molecule has 0 radical (unpaired) electrons. The average molecular weight is 254 g/mol. The summed E-state index contributed by atoms with van der Waals surface area (Å²) in [6.45, 7) is 3.86. The Morgan fingerprint density at radius 1 is 1.39 bits per heavy atom. The van der Waals surface area contributed by atoms with E-state index < -0.39 is 4.92 Å². The van der Waals surface area contributed by atoms with Crippen molar-refractivity contribution in [1.29, 1.82) is 0 Å². The van der Waals surface area contributed by atoms with Gasteiger partial charge in [-0.25, -0.2) is 0 Å². The van der Waals surface area contributed by atoms with Crippen LogP contribution in [0.3, 0.4) is 0 Å². The van der Waals surface area contributed by atoms with E-state index in [9.17, 15) is 10.1 Å². The van der Waals surface area contributed by atoms with E-state index in [0.29, 0.717) is 32.1 Å². The molecule has 1 rings (SSSR count). The van der Waals surface area contributed by atoms with Gasteiger partial charge < -0.3 is 14.8 Å². The van der Waals surface area contributed by atoms with Crippen molar-refractivity contribution in [2.24, 2.45) is 0 Å². The molecule has 0 fully saturated rings.